The summed E-state index contributed by atoms with van der Waals surface area (Å²) in [7, 11) is 0. The zero-order valence-corrected chi connectivity index (χ0v) is 53.4. The van der Waals surface area contributed by atoms with Gasteiger partial charge in [-0.2, -0.15) is 0 Å². The third kappa shape index (κ3) is 8.47. The minimum absolute atomic E-state index is 0.0392. The molecule has 0 atom stereocenters. The molecular formula is C94H63BN4O2. The zero-order chi connectivity index (χ0) is 94.6. The second-order valence-corrected chi connectivity index (χ2v) is 25.8. The van der Waals surface area contributed by atoms with Crippen molar-refractivity contribution in [3.05, 3.63) is 332 Å². The van der Waals surface area contributed by atoms with E-state index in [1.165, 1.54) is 9.80 Å². The minimum Gasteiger partial charge on any atom is -0.454 e. The van der Waals surface area contributed by atoms with E-state index < -0.39 is 305 Å². The van der Waals surface area contributed by atoms with Crippen molar-refractivity contribution in [1.82, 2.24) is 9.13 Å². The van der Waals surface area contributed by atoms with Crippen LogP contribution in [0.15, 0.2) is 336 Å². The molecule has 0 bridgehead atoms. The Kier molecular flexibility index (Phi) is 7.37. The SMILES string of the molecule is [2H]c1c([2H])c(-n2c3c([2H])c([2H])c([2H])c([2H])c3c3c([2H])c([2H])c([2H])c([2H])c32)c([2H])c2c1B1c3c(cc(C(C)(C)C)cc3N(c3c(-c4ccccc4)c([2H])c([2H])c4c3oc3c([2H])c([2H])c([2H])c(-c5ccccc5)c34)c3c([2H])c(-n4c5c([2H])c([2H])c([2H])c([2H])c5c5c([2H])c([2H])c([2H])c([2H])c54)c([2H])c([2H])c31)N2c1c(-c2ccccc2)c([2H])c([2H])c2c1oc1c([2H])c([2H])c([2H])c(-c3ccccc3)c12. The Bertz CT molecular complexity index is 8010. The highest BCUT2D eigenvalue weighted by Crippen LogP contribution is 2.56. The predicted molar refractivity (Wildman–Crippen MR) is 424 cm³/mol. The fraction of sp³-hybridized carbons (Fsp3) is 0.0426. The van der Waals surface area contributed by atoms with Gasteiger partial charge in [-0.25, -0.2) is 0 Å². The summed E-state index contributed by atoms with van der Waals surface area (Å²) in [5.41, 5.74) is -9.99. The van der Waals surface area contributed by atoms with Gasteiger partial charge in [-0.1, -0.05) is 263 Å². The molecule has 101 heavy (non-hydrogen) atoms. The van der Waals surface area contributed by atoms with Gasteiger partial charge in [-0.3, -0.25) is 0 Å². The van der Waals surface area contributed by atoms with Crippen LogP contribution in [0.5, 0.6) is 0 Å². The summed E-state index contributed by atoms with van der Waals surface area (Å²) >= 11 is 0. The van der Waals surface area contributed by atoms with E-state index in [1.807, 2.05) is 0 Å². The van der Waals surface area contributed by atoms with Crippen molar-refractivity contribution in [2.24, 2.45) is 0 Å². The van der Waals surface area contributed by atoms with Crippen LogP contribution < -0.4 is 26.2 Å². The lowest BCUT2D eigenvalue weighted by molar-refractivity contribution is 0.590. The Morgan fingerprint density at radius 3 is 1.06 bits per heavy atom. The van der Waals surface area contributed by atoms with Crippen molar-refractivity contribution in [3.8, 4) is 55.9 Å². The molecule has 0 unspecified atom stereocenters. The summed E-state index contributed by atoms with van der Waals surface area (Å²) in [5.74, 6) is 0. The van der Waals surface area contributed by atoms with Crippen molar-refractivity contribution >= 4 is 145 Å². The number of benzene rings is 15. The topological polar surface area (TPSA) is 42.6 Å². The van der Waals surface area contributed by atoms with Gasteiger partial charge in [0.1, 0.15) is 11.2 Å². The fourth-order valence-corrected chi connectivity index (χ4v) is 14.7. The van der Waals surface area contributed by atoms with E-state index in [0.717, 1.165) is 9.13 Å². The van der Waals surface area contributed by atoms with Gasteiger partial charge in [0.2, 0.25) is 0 Å². The Morgan fingerprint density at radius 2 is 0.693 bits per heavy atom. The number of hydrogen-bond acceptors (Lipinski definition) is 4. The monoisotopic (exact) mass is 1320 g/mol. The van der Waals surface area contributed by atoms with E-state index in [4.69, 9.17) is 14.3 Å². The lowest BCUT2D eigenvalue weighted by Crippen LogP contribution is -2.61. The first kappa shape index (κ1) is 34.1. The molecule has 0 saturated heterocycles. The van der Waals surface area contributed by atoms with Crippen molar-refractivity contribution in [2.45, 2.75) is 26.2 Å². The van der Waals surface area contributed by atoms with Crippen LogP contribution in [0, 0.1) is 0 Å². The molecule has 0 N–H and O–H groups in total. The van der Waals surface area contributed by atoms with Gasteiger partial charge in [0.25, 0.3) is 6.71 Å². The molecule has 6 nitrogen and oxygen atoms in total. The van der Waals surface area contributed by atoms with Gasteiger partial charge in [-0.05, 0) is 145 Å². The summed E-state index contributed by atoms with van der Waals surface area (Å²) in [4.78, 5) is 2.73. The lowest BCUT2D eigenvalue weighted by Gasteiger charge is -2.45. The van der Waals surface area contributed by atoms with Gasteiger partial charge in [-0.15, -0.1) is 0 Å². The molecule has 2 aliphatic rings. The van der Waals surface area contributed by atoms with Crippen LogP contribution >= 0.6 is 0 Å². The molecule has 21 rings (SSSR count). The van der Waals surface area contributed by atoms with E-state index in [1.54, 1.807) is 154 Å². The third-order valence-electron chi connectivity index (χ3n) is 19.2. The normalized spacial score (nSPS) is 17.3. The van der Waals surface area contributed by atoms with Crippen molar-refractivity contribution in [3.63, 3.8) is 0 Å². The Morgan fingerprint density at radius 1 is 0.337 bits per heavy atom. The smallest absolute Gasteiger partial charge is 0.252 e. The van der Waals surface area contributed by atoms with Crippen LogP contribution in [0.25, 0.3) is 143 Å². The number of para-hydroxylation sites is 4. The van der Waals surface area contributed by atoms with E-state index in [0.29, 0.717) is 0 Å². The average molecular weight is 1320 g/mol. The average Bonchev–Trinajstić information content (AvgIpc) is 1.59. The summed E-state index contributed by atoms with van der Waals surface area (Å²) in [5, 5.41) is -2.87. The van der Waals surface area contributed by atoms with Crippen LogP contribution in [-0.4, -0.2) is 15.8 Å². The van der Waals surface area contributed by atoms with Crippen LogP contribution in [-0.2, 0) is 5.41 Å². The van der Waals surface area contributed by atoms with E-state index in [2.05, 4.69) is 0 Å². The highest BCUT2D eigenvalue weighted by Gasteiger charge is 2.47. The molecule has 0 amide bonds. The van der Waals surface area contributed by atoms with E-state index >= 15 is 0 Å². The number of rotatable bonds is 8. The molecular weight excluding hydrogens is 1230 g/mol. The number of furan rings is 2. The molecule has 0 aliphatic carbocycles. The van der Waals surface area contributed by atoms with E-state index in [-0.39, 0.29) is 99.8 Å². The molecule has 19 aromatic rings. The molecule has 0 radical (unpaired) electrons. The van der Waals surface area contributed by atoms with Crippen LogP contribution in [0.4, 0.5) is 34.1 Å². The number of nitrogens with zero attached hydrogens (tertiary/aromatic N) is 4. The number of anilines is 6. The van der Waals surface area contributed by atoms with Crippen LogP contribution in [0.3, 0.4) is 0 Å². The van der Waals surface area contributed by atoms with Gasteiger partial charge in [0.15, 0.2) is 11.2 Å². The van der Waals surface area contributed by atoms with Gasteiger partial charge in [0.05, 0.1) is 77.3 Å². The quantitative estimate of drug-likeness (QED) is 0.142. The van der Waals surface area contributed by atoms with Crippen molar-refractivity contribution in [1.29, 1.82) is 0 Å². The van der Waals surface area contributed by atoms with Crippen molar-refractivity contribution in [2.75, 3.05) is 9.80 Å². The van der Waals surface area contributed by atoms with Gasteiger partial charge in [0, 0.05) is 88.3 Å². The third-order valence-corrected chi connectivity index (χ3v) is 19.2. The Balaban J connectivity index is 1.06. The largest absolute Gasteiger partial charge is 0.454 e. The molecule has 474 valence electrons. The molecule has 0 fully saturated rings. The lowest BCUT2D eigenvalue weighted by atomic mass is 9.33. The molecule has 6 heterocycles. The summed E-state index contributed by atoms with van der Waals surface area (Å²) < 4.78 is 338. The molecule has 2 aliphatic heterocycles. The Labute approximate surface area is 629 Å². The Hall–Kier alpha value is -12.8. The molecule has 0 spiro atoms. The maximum absolute atomic E-state index is 11.7. The first-order valence-corrected chi connectivity index (χ1v) is 32.4. The van der Waals surface area contributed by atoms with E-state index in [9.17, 15) is 38.4 Å². The van der Waals surface area contributed by atoms with Crippen LogP contribution in [0.2, 0.25) is 0 Å². The summed E-state index contributed by atoms with van der Waals surface area (Å²) in [6.45, 7) is 3.34. The second kappa shape index (κ2) is 21.8. The van der Waals surface area contributed by atoms with Crippen LogP contribution in [0.1, 0.15) is 70.2 Å². The fourth-order valence-electron chi connectivity index (χ4n) is 14.7. The highest BCUT2D eigenvalue weighted by molar-refractivity contribution is 7.00. The van der Waals surface area contributed by atoms with Crippen molar-refractivity contribution < 1.29 is 52.7 Å². The molecule has 15 aromatic carbocycles. The number of aromatic nitrogens is 2. The zero-order valence-electron chi connectivity index (χ0n) is 85.4. The molecule has 0 saturated carbocycles. The highest BCUT2D eigenvalue weighted by atomic mass is 16.3. The summed E-state index contributed by atoms with van der Waals surface area (Å²) in [6.07, 6.45) is 0. The second-order valence-electron chi connectivity index (χ2n) is 25.8. The number of fused-ring (bicyclic) bond motifs is 16. The standard InChI is InChI=1S/C94H63BN4O2/c1-94(2,3)62-54-83-89-84(55-62)99(91-68(61-32-14-7-15-33-61)49-51-74-88-66(59-28-10-5-11-29-59)39-25-45-86(88)101-93(74)91)82-57-64(97-79-42-22-18-36-71(79)72-37-19-23-43-80(72)97)47-53-76(82)95(89)75-52-46-63(96-77-40-20-16-34-69(77)70-35-17-21-41-78(70)96)56-81(75)98(83)90-67(60-30-12-6-13-31-60)48-50-73-87-65(58-26-8-4-9-27-58)38-24-44-85(87)100-92(73)90/h4-57H,1-3H3/i16D,17D,18D,19D,20D,21D,22D,23D,24D,25D,34D,35D,36D,37D,38D,39D,40D,41D,42D,43D,44D,45D,46D,47D,48D,49D,50D,51D,52D,53D,56D,57D. The van der Waals surface area contributed by atoms with Gasteiger partial charge >= 0.3 is 0 Å². The molecule has 4 aromatic heterocycles. The first-order chi connectivity index (χ1) is 63.1. The maximum atomic E-state index is 11.7. The number of hydrogen-bond donors (Lipinski definition) is 0. The summed E-state index contributed by atoms with van der Waals surface area (Å²) in [6, 6.07) is 9.90. The first-order valence-electron chi connectivity index (χ1n) is 48.4. The van der Waals surface area contributed by atoms with Gasteiger partial charge < -0.3 is 27.8 Å². The minimum atomic E-state index is -2.06. The molecule has 7 heteroatoms. The predicted octanol–water partition coefficient (Wildman–Crippen LogP) is 23.7. The maximum Gasteiger partial charge on any atom is 0.252 e.